The molecule has 7 rings (SSSR count). The van der Waals surface area contributed by atoms with Crippen LogP contribution in [-0.2, 0) is 6.54 Å². The minimum absolute atomic E-state index is 0.680. The van der Waals surface area contributed by atoms with Crippen molar-refractivity contribution >= 4 is 22.1 Å². The zero-order valence-corrected chi connectivity index (χ0v) is 20.4. The lowest BCUT2D eigenvalue weighted by Crippen LogP contribution is -2.29. The maximum Gasteiger partial charge on any atom is 0.160 e. The van der Waals surface area contributed by atoms with Crippen molar-refractivity contribution in [2.24, 2.45) is 0 Å². The second-order valence-electron chi connectivity index (χ2n) is 9.63. The molecule has 37 heavy (non-hydrogen) atoms. The Bertz CT molecular complexity index is 1700. The third-order valence-corrected chi connectivity index (χ3v) is 7.13. The molecule has 0 unspecified atom stereocenters. The zero-order valence-electron chi connectivity index (χ0n) is 20.4. The van der Waals surface area contributed by atoms with Crippen molar-refractivity contribution in [3.05, 3.63) is 79.0 Å². The molecule has 6 heterocycles. The van der Waals surface area contributed by atoms with Crippen LogP contribution in [0.15, 0.2) is 73.4 Å². The van der Waals surface area contributed by atoms with Crippen molar-refractivity contribution in [1.82, 2.24) is 40.0 Å². The molecule has 8 heteroatoms. The first-order valence-electron chi connectivity index (χ1n) is 12.7. The number of nitrogens with zero attached hydrogens (tertiary/aromatic N) is 6. The van der Waals surface area contributed by atoms with Crippen molar-refractivity contribution in [1.29, 1.82) is 0 Å². The first-order valence-corrected chi connectivity index (χ1v) is 12.7. The summed E-state index contributed by atoms with van der Waals surface area (Å²) in [6.07, 6.45) is 13.2. The molecule has 0 amide bonds. The summed E-state index contributed by atoms with van der Waals surface area (Å²) in [4.78, 5) is 24.1. The molecule has 1 aliphatic rings. The predicted octanol–water partition coefficient (Wildman–Crippen LogP) is 5.61. The van der Waals surface area contributed by atoms with E-state index in [0.717, 1.165) is 56.6 Å². The van der Waals surface area contributed by atoms with E-state index in [0.29, 0.717) is 5.82 Å². The first-order chi connectivity index (χ1) is 18.3. The van der Waals surface area contributed by atoms with E-state index in [1.807, 2.05) is 36.8 Å². The van der Waals surface area contributed by atoms with Crippen LogP contribution in [0.4, 0.5) is 0 Å². The van der Waals surface area contributed by atoms with Gasteiger partial charge in [0.15, 0.2) is 11.5 Å². The molecule has 182 valence electrons. The molecule has 8 nitrogen and oxygen atoms in total. The number of hydrogen-bond acceptors (Lipinski definition) is 6. The van der Waals surface area contributed by atoms with Crippen LogP contribution in [0.3, 0.4) is 0 Å². The van der Waals surface area contributed by atoms with Crippen molar-refractivity contribution in [2.75, 3.05) is 13.1 Å². The molecule has 5 aromatic heterocycles. The molecular formula is C29H26N8. The second kappa shape index (κ2) is 9.22. The standard InChI is InChI=1S/C29H26N8/c1-2-11-37(12-3-1)18-19-13-22(17-31-15-19)20-6-7-25-24(14-20)27(36-35-25)29-33-26-23(8-10-32-28(26)34-29)21-5-4-9-30-16-21/h4-10,13-17H,1-3,11-12,18H2,(H,35,36)(H,32,33,34). The van der Waals surface area contributed by atoms with E-state index in [2.05, 4.69) is 59.3 Å². The zero-order chi connectivity index (χ0) is 24.6. The van der Waals surface area contributed by atoms with Crippen LogP contribution in [0.1, 0.15) is 24.8 Å². The molecule has 1 saturated heterocycles. The van der Waals surface area contributed by atoms with E-state index < -0.39 is 0 Å². The number of H-pyrrole nitrogens is 2. The number of piperidine rings is 1. The van der Waals surface area contributed by atoms with Gasteiger partial charge in [-0.3, -0.25) is 20.0 Å². The van der Waals surface area contributed by atoms with E-state index in [4.69, 9.17) is 4.98 Å². The number of likely N-dealkylation sites (tertiary alicyclic amines) is 1. The number of fused-ring (bicyclic) bond motifs is 2. The Kier molecular flexibility index (Phi) is 5.44. The van der Waals surface area contributed by atoms with Crippen molar-refractivity contribution in [2.45, 2.75) is 25.8 Å². The number of rotatable bonds is 5. The number of aromatic amines is 2. The van der Waals surface area contributed by atoms with E-state index in [1.54, 1.807) is 12.4 Å². The van der Waals surface area contributed by atoms with Crippen LogP contribution in [0.5, 0.6) is 0 Å². The number of pyridine rings is 3. The average molecular weight is 487 g/mol. The average Bonchev–Trinajstić information content (AvgIpc) is 3.58. The summed E-state index contributed by atoms with van der Waals surface area (Å²) < 4.78 is 0. The Labute approximate surface area is 213 Å². The van der Waals surface area contributed by atoms with Crippen molar-refractivity contribution < 1.29 is 0 Å². The molecule has 0 atom stereocenters. The fraction of sp³-hybridized carbons (Fsp3) is 0.207. The lowest BCUT2D eigenvalue weighted by molar-refractivity contribution is 0.220. The van der Waals surface area contributed by atoms with Crippen molar-refractivity contribution in [3.8, 4) is 33.8 Å². The highest BCUT2D eigenvalue weighted by atomic mass is 15.1. The van der Waals surface area contributed by atoms with Gasteiger partial charge in [0, 0.05) is 59.6 Å². The summed E-state index contributed by atoms with van der Waals surface area (Å²) in [5, 5.41) is 8.77. The fourth-order valence-corrected chi connectivity index (χ4v) is 5.26. The van der Waals surface area contributed by atoms with E-state index in [1.165, 1.54) is 37.9 Å². The Morgan fingerprint density at radius 1 is 0.838 bits per heavy atom. The lowest BCUT2D eigenvalue weighted by Gasteiger charge is -2.26. The molecule has 1 aliphatic heterocycles. The number of hydrogen-bond donors (Lipinski definition) is 2. The van der Waals surface area contributed by atoms with Crippen LogP contribution in [0.2, 0.25) is 0 Å². The molecule has 0 radical (unpaired) electrons. The highest BCUT2D eigenvalue weighted by molar-refractivity contribution is 5.97. The summed E-state index contributed by atoms with van der Waals surface area (Å²) in [5.41, 5.74) is 8.68. The number of aromatic nitrogens is 7. The van der Waals surface area contributed by atoms with Crippen molar-refractivity contribution in [3.63, 3.8) is 0 Å². The van der Waals surface area contributed by atoms with Gasteiger partial charge >= 0.3 is 0 Å². The summed E-state index contributed by atoms with van der Waals surface area (Å²) >= 11 is 0. The van der Waals surface area contributed by atoms with Gasteiger partial charge in [0.2, 0.25) is 0 Å². The van der Waals surface area contributed by atoms with Crippen LogP contribution in [0, 0.1) is 0 Å². The normalized spacial score (nSPS) is 14.5. The summed E-state index contributed by atoms with van der Waals surface area (Å²) in [5.74, 6) is 0.680. The van der Waals surface area contributed by atoms with E-state index >= 15 is 0 Å². The van der Waals surface area contributed by atoms with Gasteiger partial charge in [-0.2, -0.15) is 5.10 Å². The quantitative estimate of drug-likeness (QED) is 0.329. The minimum atomic E-state index is 0.680. The third kappa shape index (κ3) is 4.15. The van der Waals surface area contributed by atoms with Gasteiger partial charge in [0.25, 0.3) is 0 Å². The minimum Gasteiger partial charge on any atom is -0.321 e. The Hall–Kier alpha value is -4.43. The van der Waals surface area contributed by atoms with Gasteiger partial charge in [-0.15, -0.1) is 0 Å². The summed E-state index contributed by atoms with van der Waals surface area (Å²) in [6.45, 7) is 3.29. The topological polar surface area (TPSA) is 99.3 Å². The smallest absolute Gasteiger partial charge is 0.160 e. The maximum absolute atomic E-state index is 4.92. The lowest BCUT2D eigenvalue weighted by atomic mass is 10.0. The summed E-state index contributed by atoms with van der Waals surface area (Å²) in [6, 6.07) is 14.5. The largest absolute Gasteiger partial charge is 0.321 e. The highest BCUT2D eigenvalue weighted by Crippen LogP contribution is 2.32. The van der Waals surface area contributed by atoms with Crippen LogP contribution in [-0.4, -0.2) is 53.1 Å². The Morgan fingerprint density at radius 2 is 1.76 bits per heavy atom. The monoisotopic (exact) mass is 486 g/mol. The molecule has 0 aliphatic carbocycles. The second-order valence-corrected chi connectivity index (χ2v) is 9.63. The number of benzene rings is 1. The third-order valence-electron chi connectivity index (χ3n) is 7.13. The van der Waals surface area contributed by atoms with E-state index in [9.17, 15) is 0 Å². The molecule has 0 bridgehead atoms. The highest BCUT2D eigenvalue weighted by Gasteiger charge is 2.17. The van der Waals surface area contributed by atoms with Gasteiger partial charge in [0.1, 0.15) is 11.2 Å². The molecule has 6 aromatic rings. The van der Waals surface area contributed by atoms with Gasteiger partial charge < -0.3 is 4.98 Å². The molecule has 0 spiro atoms. The summed E-state index contributed by atoms with van der Waals surface area (Å²) in [7, 11) is 0. The maximum atomic E-state index is 4.92. The number of nitrogens with one attached hydrogen (secondary N) is 2. The van der Waals surface area contributed by atoms with Gasteiger partial charge in [0.05, 0.1) is 5.52 Å². The Balaban J connectivity index is 1.26. The first kappa shape index (κ1) is 21.8. The number of imidazole rings is 1. The SMILES string of the molecule is c1cncc(-c2ccnc3[nH]c(-c4n[nH]c5ccc(-c6cncc(CN7CCCCC7)c6)cc45)nc23)c1. The molecule has 1 fully saturated rings. The van der Waals surface area contributed by atoms with Crippen LogP contribution in [0.25, 0.3) is 55.8 Å². The molecular weight excluding hydrogens is 460 g/mol. The van der Waals surface area contributed by atoms with E-state index in [-0.39, 0.29) is 0 Å². The molecule has 2 N–H and O–H groups in total. The van der Waals surface area contributed by atoms with Crippen LogP contribution >= 0.6 is 0 Å². The van der Waals surface area contributed by atoms with Crippen LogP contribution < -0.4 is 0 Å². The predicted molar refractivity (Wildman–Crippen MR) is 145 cm³/mol. The fourth-order valence-electron chi connectivity index (χ4n) is 5.26. The van der Waals surface area contributed by atoms with Gasteiger partial charge in [-0.05, 0) is 67.4 Å². The Morgan fingerprint density at radius 3 is 2.65 bits per heavy atom. The molecule has 1 aromatic carbocycles. The van der Waals surface area contributed by atoms with Gasteiger partial charge in [-0.1, -0.05) is 18.6 Å². The molecule has 0 saturated carbocycles. The van der Waals surface area contributed by atoms with Gasteiger partial charge in [-0.25, -0.2) is 9.97 Å².